The molecule has 18 heavy (non-hydrogen) atoms. The lowest BCUT2D eigenvalue weighted by molar-refractivity contribution is 0.761. The molecule has 2 aromatic rings. The van der Waals surface area contributed by atoms with Crippen LogP contribution in [-0.2, 0) is 6.54 Å². The van der Waals surface area contributed by atoms with Crippen molar-refractivity contribution >= 4 is 11.3 Å². The highest BCUT2D eigenvalue weighted by Crippen LogP contribution is 2.16. The Balaban J connectivity index is 2.32. The summed E-state index contributed by atoms with van der Waals surface area (Å²) in [4.78, 5) is 13.0. The summed E-state index contributed by atoms with van der Waals surface area (Å²) in [6, 6.07) is 5.67. The second-order valence-corrected chi connectivity index (χ2v) is 4.89. The van der Waals surface area contributed by atoms with Gasteiger partial charge in [0.25, 0.3) is 5.56 Å². The van der Waals surface area contributed by atoms with Crippen LogP contribution in [0, 0.1) is 18.8 Å². The van der Waals surface area contributed by atoms with Gasteiger partial charge in [0.2, 0.25) is 0 Å². The summed E-state index contributed by atoms with van der Waals surface area (Å²) >= 11 is 1.61. The highest BCUT2D eigenvalue weighted by atomic mass is 32.1. The maximum absolute atomic E-state index is 11.9. The Hall–Kier alpha value is -1.83. The van der Waals surface area contributed by atoms with Gasteiger partial charge >= 0.3 is 0 Å². The molecule has 0 saturated carbocycles. The van der Waals surface area contributed by atoms with E-state index in [0.29, 0.717) is 13.1 Å². The second-order valence-electron chi connectivity index (χ2n) is 3.89. The highest BCUT2D eigenvalue weighted by molar-refractivity contribution is 7.10. The van der Waals surface area contributed by atoms with Crippen molar-refractivity contribution in [3.05, 3.63) is 56.1 Å². The van der Waals surface area contributed by atoms with Crippen LogP contribution >= 0.6 is 11.3 Å². The summed E-state index contributed by atoms with van der Waals surface area (Å²) in [5.41, 5.74) is 7.12. The average molecular weight is 258 g/mol. The third-order valence-electron chi connectivity index (χ3n) is 2.59. The van der Waals surface area contributed by atoms with Gasteiger partial charge in [-0.25, -0.2) is 0 Å². The van der Waals surface area contributed by atoms with Gasteiger partial charge in [-0.1, -0.05) is 17.9 Å². The maximum Gasteiger partial charge on any atom is 0.253 e. The standard InChI is InChI=1S/C14H14N2OS/c1-11-4-3-8-16(14(11)17)10-13-12(5-2-7-15)6-9-18-13/h3-4,6,8-9H,7,10,15H2,1H3. The van der Waals surface area contributed by atoms with Gasteiger partial charge in [-0.2, -0.15) is 0 Å². The number of nitrogens with two attached hydrogens (primary N) is 1. The van der Waals surface area contributed by atoms with Gasteiger partial charge in [-0.3, -0.25) is 4.79 Å². The van der Waals surface area contributed by atoms with E-state index < -0.39 is 0 Å². The van der Waals surface area contributed by atoms with E-state index in [1.54, 1.807) is 22.1 Å². The van der Waals surface area contributed by atoms with E-state index >= 15 is 0 Å². The molecule has 0 fully saturated rings. The highest BCUT2D eigenvalue weighted by Gasteiger charge is 2.05. The van der Waals surface area contributed by atoms with E-state index in [1.807, 2.05) is 30.5 Å². The Labute approximate surface area is 110 Å². The molecule has 2 N–H and O–H groups in total. The van der Waals surface area contributed by atoms with Crippen LogP contribution in [0.5, 0.6) is 0 Å². The predicted octanol–water partition coefficient (Wildman–Crippen LogP) is 1.58. The normalized spacial score (nSPS) is 9.89. The summed E-state index contributed by atoms with van der Waals surface area (Å²) < 4.78 is 1.70. The van der Waals surface area contributed by atoms with Crippen LogP contribution in [0.4, 0.5) is 0 Å². The molecule has 0 aliphatic rings. The summed E-state index contributed by atoms with van der Waals surface area (Å²) in [6.45, 7) is 2.73. The van der Waals surface area contributed by atoms with Crippen molar-refractivity contribution < 1.29 is 0 Å². The Morgan fingerprint density at radius 2 is 2.28 bits per heavy atom. The molecule has 0 aliphatic heterocycles. The molecular formula is C14H14N2OS. The van der Waals surface area contributed by atoms with Crippen molar-refractivity contribution in [3.8, 4) is 11.8 Å². The van der Waals surface area contributed by atoms with E-state index in [0.717, 1.165) is 16.0 Å². The predicted molar refractivity (Wildman–Crippen MR) is 74.8 cm³/mol. The number of nitrogens with zero attached hydrogens (tertiary/aromatic N) is 1. The fraction of sp³-hybridized carbons (Fsp3) is 0.214. The number of aryl methyl sites for hydroxylation is 1. The molecular weight excluding hydrogens is 244 g/mol. The van der Waals surface area contributed by atoms with Gasteiger partial charge in [-0.15, -0.1) is 11.3 Å². The lowest BCUT2D eigenvalue weighted by Gasteiger charge is -2.05. The smallest absolute Gasteiger partial charge is 0.253 e. The van der Waals surface area contributed by atoms with Gasteiger partial charge in [0, 0.05) is 22.2 Å². The van der Waals surface area contributed by atoms with Crippen LogP contribution in [0.2, 0.25) is 0 Å². The average Bonchev–Trinajstić information content (AvgIpc) is 2.80. The van der Waals surface area contributed by atoms with Crippen molar-refractivity contribution in [2.75, 3.05) is 6.54 Å². The van der Waals surface area contributed by atoms with Crippen molar-refractivity contribution in [2.24, 2.45) is 5.73 Å². The van der Waals surface area contributed by atoms with Crippen LogP contribution in [-0.4, -0.2) is 11.1 Å². The molecule has 0 radical (unpaired) electrons. The number of hydrogen-bond donors (Lipinski definition) is 1. The second kappa shape index (κ2) is 5.67. The minimum Gasteiger partial charge on any atom is -0.320 e. The van der Waals surface area contributed by atoms with Crippen LogP contribution in [0.1, 0.15) is 16.0 Å². The first-order chi connectivity index (χ1) is 8.72. The molecule has 2 rings (SSSR count). The lowest BCUT2D eigenvalue weighted by Crippen LogP contribution is -2.21. The topological polar surface area (TPSA) is 48.0 Å². The minimum absolute atomic E-state index is 0.0450. The molecule has 92 valence electrons. The SMILES string of the molecule is Cc1cccn(Cc2sccc2C#CCN)c1=O. The number of pyridine rings is 1. The lowest BCUT2D eigenvalue weighted by atomic mass is 10.2. The summed E-state index contributed by atoms with van der Waals surface area (Å²) in [7, 11) is 0. The summed E-state index contributed by atoms with van der Waals surface area (Å²) in [6.07, 6.45) is 1.80. The number of aromatic nitrogens is 1. The molecule has 0 atom stereocenters. The summed E-state index contributed by atoms with van der Waals surface area (Å²) in [5, 5.41) is 1.98. The van der Waals surface area contributed by atoms with E-state index in [-0.39, 0.29) is 5.56 Å². The van der Waals surface area contributed by atoms with Crippen molar-refractivity contribution in [2.45, 2.75) is 13.5 Å². The Morgan fingerprint density at radius 3 is 3.06 bits per heavy atom. The molecule has 2 aromatic heterocycles. The summed E-state index contributed by atoms with van der Waals surface area (Å²) in [5.74, 6) is 5.87. The molecule has 3 nitrogen and oxygen atoms in total. The van der Waals surface area contributed by atoms with Crippen LogP contribution in [0.25, 0.3) is 0 Å². The minimum atomic E-state index is 0.0450. The maximum atomic E-state index is 11.9. The molecule has 0 saturated heterocycles. The van der Waals surface area contributed by atoms with E-state index in [2.05, 4.69) is 11.8 Å². The zero-order valence-corrected chi connectivity index (χ0v) is 11.0. The molecule has 0 amide bonds. The number of hydrogen-bond acceptors (Lipinski definition) is 3. The van der Waals surface area contributed by atoms with Crippen molar-refractivity contribution in [1.82, 2.24) is 4.57 Å². The molecule has 0 unspecified atom stereocenters. The monoisotopic (exact) mass is 258 g/mol. The van der Waals surface area contributed by atoms with Crippen molar-refractivity contribution in [1.29, 1.82) is 0 Å². The molecule has 0 spiro atoms. The van der Waals surface area contributed by atoms with Gasteiger partial charge in [0.05, 0.1) is 13.1 Å². The van der Waals surface area contributed by atoms with Gasteiger partial charge in [-0.05, 0) is 24.4 Å². The first-order valence-electron chi connectivity index (χ1n) is 5.63. The fourth-order valence-electron chi connectivity index (χ4n) is 1.66. The van der Waals surface area contributed by atoms with E-state index in [4.69, 9.17) is 5.73 Å². The number of thiophene rings is 1. The third kappa shape index (κ3) is 2.70. The first kappa shape index (κ1) is 12.6. The Kier molecular flexibility index (Phi) is 3.98. The Morgan fingerprint density at radius 1 is 1.44 bits per heavy atom. The van der Waals surface area contributed by atoms with Crippen molar-refractivity contribution in [3.63, 3.8) is 0 Å². The first-order valence-corrected chi connectivity index (χ1v) is 6.51. The zero-order chi connectivity index (χ0) is 13.0. The molecule has 0 bridgehead atoms. The largest absolute Gasteiger partial charge is 0.320 e. The molecule has 0 aromatic carbocycles. The quantitative estimate of drug-likeness (QED) is 0.831. The number of rotatable bonds is 2. The molecule has 0 aliphatic carbocycles. The van der Waals surface area contributed by atoms with Gasteiger partial charge in [0.15, 0.2) is 0 Å². The molecule has 2 heterocycles. The zero-order valence-electron chi connectivity index (χ0n) is 10.1. The van der Waals surface area contributed by atoms with Crippen LogP contribution in [0.3, 0.4) is 0 Å². The van der Waals surface area contributed by atoms with E-state index in [1.165, 1.54) is 0 Å². The van der Waals surface area contributed by atoms with Crippen LogP contribution < -0.4 is 11.3 Å². The van der Waals surface area contributed by atoms with Gasteiger partial charge in [0.1, 0.15) is 0 Å². The van der Waals surface area contributed by atoms with Gasteiger partial charge < -0.3 is 10.3 Å². The third-order valence-corrected chi connectivity index (χ3v) is 3.50. The molecule has 4 heteroatoms. The Bertz CT molecular complexity index is 658. The fourth-order valence-corrected chi connectivity index (χ4v) is 2.48. The van der Waals surface area contributed by atoms with Crippen LogP contribution in [0.15, 0.2) is 34.6 Å². The van der Waals surface area contributed by atoms with E-state index in [9.17, 15) is 4.79 Å².